The molecule has 0 radical (unpaired) electrons. The topological polar surface area (TPSA) is 75.4 Å². The number of hydrogen-bond donors (Lipinski definition) is 2. The average molecular weight is 374 g/mol. The molecule has 26 heavy (non-hydrogen) atoms. The van der Waals surface area contributed by atoms with Gasteiger partial charge in [0.1, 0.15) is 0 Å². The van der Waals surface area contributed by atoms with Crippen LogP contribution in [0.5, 0.6) is 0 Å². The van der Waals surface area contributed by atoms with Crippen molar-refractivity contribution in [1.82, 2.24) is 4.90 Å². The number of amides is 2. The lowest BCUT2D eigenvalue weighted by Crippen LogP contribution is -2.37. The Balaban J connectivity index is 2.04. The maximum absolute atomic E-state index is 12.4. The lowest BCUT2D eigenvalue weighted by atomic mass is 10.1. The molecule has 2 aromatic rings. The van der Waals surface area contributed by atoms with Crippen LogP contribution in [0.4, 0.5) is 5.69 Å². The zero-order valence-corrected chi connectivity index (χ0v) is 15.8. The van der Waals surface area contributed by atoms with Crippen LogP contribution in [0.3, 0.4) is 0 Å². The Morgan fingerprint density at radius 2 is 1.77 bits per heavy atom. The van der Waals surface area contributed by atoms with Gasteiger partial charge in [-0.1, -0.05) is 41.9 Å². The zero-order valence-electron chi connectivity index (χ0n) is 15.0. The van der Waals surface area contributed by atoms with Crippen LogP contribution in [-0.2, 0) is 11.2 Å². The molecule has 6 heteroatoms. The van der Waals surface area contributed by atoms with Gasteiger partial charge in [0.2, 0.25) is 5.91 Å². The first-order valence-electron chi connectivity index (χ1n) is 8.65. The maximum Gasteiger partial charge on any atom is 0.255 e. The quantitative estimate of drug-likeness (QED) is 0.781. The second-order valence-corrected chi connectivity index (χ2v) is 6.36. The highest BCUT2D eigenvalue weighted by molar-refractivity contribution is 6.34. The molecule has 0 heterocycles. The minimum Gasteiger partial charge on any atom is -0.339 e. The van der Waals surface area contributed by atoms with Gasteiger partial charge in [0, 0.05) is 18.8 Å². The summed E-state index contributed by atoms with van der Waals surface area (Å²) in [6, 6.07) is 13.8. The van der Waals surface area contributed by atoms with E-state index in [1.807, 2.05) is 44.2 Å². The van der Waals surface area contributed by atoms with Crippen molar-refractivity contribution in [2.75, 3.05) is 18.4 Å². The average Bonchev–Trinajstić information content (AvgIpc) is 2.63. The molecule has 0 aliphatic heterocycles. The summed E-state index contributed by atoms with van der Waals surface area (Å²) >= 11 is 6.25. The van der Waals surface area contributed by atoms with E-state index in [1.54, 1.807) is 23.1 Å². The summed E-state index contributed by atoms with van der Waals surface area (Å²) < 4.78 is 0. The summed E-state index contributed by atoms with van der Waals surface area (Å²) in [6.45, 7) is 5.05. The minimum atomic E-state index is -0.673. The molecular weight excluding hydrogens is 350 g/mol. The Hall–Kier alpha value is -2.37. The SMILES string of the molecule is CCN(CC)C(=O)c1ccc(NC(=O)[C@@H](N)Cc2ccccc2)cc1Cl. The van der Waals surface area contributed by atoms with Gasteiger partial charge >= 0.3 is 0 Å². The molecule has 5 nitrogen and oxygen atoms in total. The van der Waals surface area contributed by atoms with E-state index in [-0.39, 0.29) is 11.8 Å². The van der Waals surface area contributed by atoms with Gasteiger partial charge < -0.3 is 16.0 Å². The summed E-state index contributed by atoms with van der Waals surface area (Å²) in [5.74, 6) is -0.425. The highest BCUT2D eigenvalue weighted by Crippen LogP contribution is 2.22. The predicted octanol–water partition coefficient (Wildman–Crippen LogP) is 3.33. The molecule has 0 bridgehead atoms. The maximum atomic E-state index is 12.4. The summed E-state index contributed by atoms with van der Waals surface area (Å²) in [7, 11) is 0. The molecule has 0 aliphatic rings. The van der Waals surface area contributed by atoms with Crippen LogP contribution in [0.1, 0.15) is 29.8 Å². The van der Waals surface area contributed by atoms with Crippen molar-refractivity contribution in [3.63, 3.8) is 0 Å². The van der Waals surface area contributed by atoms with E-state index < -0.39 is 6.04 Å². The first-order valence-corrected chi connectivity index (χ1v) is 9.03. The molecule has 0 aromatic heterocycles. The molecule has 0 fully saturated rings. The minimum absolute atomic E-state index is 0.126. The van der Waals surface area contributed by atoms with E-state index in [0.717, 1.165) is 5.56 Å². The molecule has 1 atom stereocenters. The number of halogens is 1. The van der Waals surface area contributed by atoms with Crippen LogP contribution in [0.2, 0.25) is 5.02 Å². The van der Waals surface area contributed by atoms with Crippen LogP contribution in [-0.4, -0.2) is 35.8 Å². The second-order valence-electron chi connectivity index (χ2n) is 5.96. The van der Waals surface area contributed by atoms with Crippen molar-refractivity contribution in [1.29, 1.82) is 0 Å². The fourth-order valence-electron chi connectivity index (χ4n) is 2.64. The predicted molar refractivity (Wildman–Crippen MR) is 105 cm³/mol. The van der Waals surface area contributed by atoms with E-state index in [0.29, 0.717) is 35.8 Å². The van der Waals surface area contributed by atoms with Gasteiger partial charge in [-0.15, -0.1) is 0 Å². The monoisotopic (exact) mass is 373 g/mol. The van der Waals surface area contributed by atoms with Gasteiger partial charge in [-0.3, -0.25) is 9.59 Å². The first-order chi connectivity index (χ1) is 12.5. The molecule has 0 spiro atoms. The number of nitrogens with one attached hydrogen (secondary N) is 1. The van der Waals surface area contributed by atoms with Crippen molar-refractivity contribution in [2.24, 2.45) is 5.73 Å². The van der Waals surface area contributed by atoms with Crippen LogP contribution in [0, 0.1) is 0 Å². The fraction of sp³-hybridized carbons (Fsp3) is 0.300. The van der Waals surface area contributed by atoms with Crippen LogP contribution in [0.25, 0.3) is 0 Å². The van der Waals surface area contributed by atoms with Crippen molar-refractivity contribution >= 4 is 29.1 Å². The third-order valence-electron chi connectivity index (χ3n) is 4.15. The normalized spacial score (nSPS) is 11.7. The molecule has 0 saturated heterocycles. The van der Waals surface area contributed by atoms with Crippen LogP contribution < -0.4 is 11.1 Å². The first kappa shape index (κ1) is 19.9. The highest BCUT2D eigenvalue weighted by Gasteiger charge is 2.18. The van der Waals surface area contributed by atoms with E-state index >= 15 is 0 Å². The van der Waals surface area contributed by atoms with Gasteiger partial charge in [0.05, 0.1) is 16.6 Å². The summed E-state index contributed by atoms with van der Waals surface area (Å²) in [6.07, 6.45) is 0.443. The number of anilines is 1. The number of benzene rings is 2. The molecule has 2 rings (SSSR count). The lowest BCUT2D eigenvalue weighted by Gasteiger charge is -2.19. The van der Waals surface area contributed by atoms with Gasteiger partial charge in [0.15, 0.2) is 0 Å². The van der Waals surface area contributed by atoms with Gasteiger partial charge in [-0.2, -0.15) is 0 Å². The summed E-state index contributed by atoms with van der Waals surface area (Å²) in [5, 5.41) is 3.05. The van der Waals surface area contributed by atoms with Crippen LogP contribution >= 0.6 is 11.6 Å². The molecule has 2 amide bonds. The largest absolute Gasteiger partial charge is 0.339 e. The van der Waals surface area contributed by atoms with E-state index in [2.05, 4.69) is 5.32 Å². The van der Waals surface area contributed by atoms with Gasteiger partial charge in [-0.05, 0) is 44.0 Å². The Kier molecular flexibility index (Phi) is 7.18. The molecule has 0 aliphatic carbocycles. The summed E-state index contributed by atoms with van der Waals surface area (Å²) in [5.41, 5.74) is 7.91. The van der Waals surface area contributed by atoms with Gasteiger partial charge in [-0.25, -0.2) is 0 Å². The molecular formula is C20H24ClN3O2. The van der Waals surface area contributed by atoms with Crippen LogP contribution in [0.15, 0.2) is 48.5 Å². The number of nitrogens with zero attached hydrogens (tertiary/aromatic N) is 1. The smallest absolute Gasteiger partial charge is 0.255 e. The summed E-state index contributed by atoms with van der Waals surface area (Å²) in [4.78, 5) is 26.4. The second kappa shape index (κ2) is 9.36. The molecule has 3 N–H and O–H groups in total. The number of carbonyl (C=O) groups excluding carboxylic acids is 2. The third kappa shape index (κ3) is 5.07. The third-order valence-corrected chi connectivity index (χ3v) is 4.47. The fourth-order valence-corrected chi connectivity index (χ4v) is 2.90. The Morgan fingerprint density at radius 3 is 2.35 bits per heavy atom. The van der Waals surface area contributed by atoms with Crippen molar-refractivity contribution in [3.05, 3.63) is 64.7 Å². The molecule has 2 aromatic carbocycles. The van der Waals surface area contributed by atoms with E-state index in [4.69, 9.17) is 17.3 Å². The van der Waals surface area contributed by atoms with Gasteiger partial charge in [0.25, 0.3) is 5.91 Å². The number of rotatable bonds is 7. The highest BCUT2D eigenvalue weighted by atomic mass is 35.5. The van der Waals surface area contributed by atoms with Crippen molar-refractivity contribution in [3.8, 4) is 0 Å². The Labute approximate surface area is 159 Å². The van der Waals surface area contributed by atoms with Crippen molar-refractivity contribution < 1.29 is 9.59 Å². The number of carbonyl (C=O) groups is 2. The molecule has 138 valence electrons. The van der Waals surface area contributed by atoms with E-state index in [9.17, 15) is 9.59 Å². The standard InChI is InChI=1S/C20H24ClN3O2/c1-3-24(4-2)20(26)16-11-10-15(13-17(16)21)23-19(25)18(22)12-14-8-6-5-7-9-14/h5-11,13,18H,3-4,12,22H2,1-2H3,(H,23,25)/t18-/m0/s1. The number of hydrogen-bond acceptors (Lipinski definition) is 3. The lowest BCUT2D eigenvalue weighted by molar-refractivity contribution is -0.117. The zero-order chi connectivity index (χ0) is 19.1. The number of nitrogens with two attached hydrogens (primary N) is 1. The molecule has 0 saturated carbocycles. The van der Waals surface area contributed by atoms with E-state index in [1.165, 1.54) is 0 Å². The molecule has 0 unspecified atom stereocenters. The van der Waals surface area contributed by atoms with Crippen molar-refractivity contribution in [2.45, 2.75) is 26.3 Å². The Morgan fingerprint density at radius 1 is 1.12 bits per heavy atom. The Bertz CT molecular complexity index is 761.